The molecule has 0 aliphatic carbocycles. The van der Waals surface area contributed by atoms with Crippen molar-refractivity contribution < 1.29 is 12.8 Å². The summed E-state index contributed by atoms with van der Waals surface area (Å²) in [5.74, 6) is -0.401. The van der Waals surface area contributed by atoms with E-state index >= 15 is 0 Å². The molecule has 7 nitrogen and oxygen atoms in total. The average Bonchev–Trinajstić information content (AvgIpc) is 2.75. The molecule has 8 heteroatoms. The first-order valence-corrected chi connectivity index (χ1v) is 9.38. The van der Waals surface area contributed by atoms with Gasteiger partial charge in [0.15, 0.2) is 5.58 Å². The number of likely N-dealkylation sites (tertiary alicyclic amines) is 1. The van der Waals surface area contributed by atoms with Gasteiger partial charge in [-0.25, -0.2) is 18.4 Å². The SMILES string of the molecule is Cn1c(=O)oc2ccc(CN3CCCCC3CS(N)(=O)=O)cc21. The van der Waals surface area contributed by atoms with Crippen LogP contribution in [-0.4, -0.2) is 36.2 Å². The third kappa shape index (κ3) is 3.65. The molecule has 0 saturated carbocycles. The standard InChI is InChI=1S/C15H21N3O4S/c1-17-13-8-11(5-6-14(13)22-15(17)19)9-18-7-3-2-4-12(18)10-23(16,20)21/h5-6,8,12H,2-4,7,9-10H2,1H3,(H2,16,20,21). The Kier molecular flexibility index (Phi) is 4.31. The van der Waals surface area contributed by atoms with E-state index in [1.807, 2.05) is 12.1 Å². The van der Waals surface area contributed by atoms with E-state index in [4.69, 9.17) is 9.56 Å². The first kappa shape index (κ1) is 16.2. The van der Waals surface area contributed by atoms with Crippen LogP contribution in [0, 0.1) is 0 Å². The van der Waals surface area contributed by atoms with Gasteiger partial charge in [-0.2, -0.15) is 0 Å². The highest BCUT2D eigenvalue weighted by molar-refractivity contribution is 7.89. The lowest BCUT2D eigenvalue weighted by atomic mass is 10.0. The number of nitrogens with zero attached hydrogens (tertiary/aromatic N) is 2. The third-order valence-corrected chi connectivity index (χ3v) is 5.26. The van der Waals surface area contributed by atoms with Crippen LogP contribution in [0.5, 0.6) is 0 Å². The molecule has 1 aliphatic heterocycles. The van der Waals surface area contributed by atoms with E-state index < -0.39 is 10.0 Å². The van der Waals surface area contributed by atoms with E-state index in [0.29, 0.717) is 12.1 Å². The van der Waals surface area contributed by atoms with Crippen LogP contribution in [0.15, 0.2) is 27.4 Å². The van der Waals surface area contributed by atoms with Crippen molar-refractivity contribution in [3.63, 3.8) is 0 Å². The molecule has 1 atom stereocenters. The lowest BCUT2D eigenvalue weighted by molar-refractivity contribution is 0.154. The van der Waals surface area contributed by atoms with Crippen LogP contribution in [0.25, 0.3) is 11.1 Å². The number of piperidine rings is 1. The topological polar surface area (TPSA) is 98.5 Å². The van der Waals surface area contributed by atoms with Gasteiger partial charge in [0, 0.05) is 19.6 Å². The Hall–Kier alpha value is -1.64. The second kappa shape index (κ2) is 6.10. The maximum atomic E-state index is 11.6. The molecule has 2 heterocycles. The molecule has 2 N–H and O–H groups in total. The normalized spacial score (nSPS) is 20.2. The number of hydrogen-bond donors (Lipinski definition) is 1. The van der Waals surface area contributed by atoms with E-state index in [0.717, 1.165) is 36.9 Å². The predicted molar refractivity (Wildman–Crippen MR) is 87.5 cm³/mol. The second-order valence-electron chi connectivity index (χ2n) is 6.18. The van der Waals surface area contributed by atoms with Crippen molar-refractivity contribution in [3.8, 4) is 0 Å². The zero-order valence-corrected chi connectivity index (χ0v) is 13.9. The number of primary sulfonamides is 1. The minimum absolute atomic E-state index is 0.0144. The zero-order chi connectivity index (χ0) is 16.6. The molecule has 1 fully saturated rings. The van der Waals surface area contributed by atoms with Crippen LogP contribution < -0.4 is 10.9 Å². The van der Waals surface area contributed by atoms with Crippen LogP contribution >= 0.6 is 0 Å². The van der Waals surface area contributed by atoms with Gasteiger partial charge in [0.1, 0.15) is 0 Å². The highest BCUT2D eigenvalue weighted by atomic mass is 32.2. The van der Waals surface area contributed by atoms with E-state index in [1.54, 1.807) is 13.1 Å². The van der Waals surface area contributed by atoms with Crippen molar-refractivity contribution in [3.05, 3.63) is 34.3 Å². The lowest BCUT2D eigenvalue weighted by Crippen LogP contribution is -2.44. The Labute approximate surface area is 134 Å². The van der Waals surface area contributed by atoms with Crippen molar-refractivity contribution in [1.29, 1.82) is 0 Å². The van der Waals surface area contributed by atoms with Crippen molar-refractivity contribution in [2.45, 2.75) is 31.8 Å². The van der Waals surface area contributed by atoms with Gasteiger partial charge in [-0.3, -0.25) is 9.47 Å². The Bertz CT molecular complexity index is 868. The largest absolute Gasteiger partial charge is 0.419 e. The van der Waals surface area contributed by atoms with Gasteiger partial charge in [-0.05, 0) is 37.1 Å². The van der Waals surface area contributed by atoms with Gasteiger partial charge >= 0.3 is 5.76 Å². The molecule has 0 amide bonds. The number of benzene rings is 1. The summed E-state index contributed by atoms with van der Waals surface area (Å²) in [7, 11) is -1.82. The fourth-order valence-corrected chi connectivity index (χ4v) is 4.14. The highest BCUT2D eigenvalue weighted by Gasteiger charge is 2.26. The van der Waals surface area contributed by atoms with Crippen molar-refractivity contribution in [1.82, 2.24) is 9.47 Å². The van der Waals surface area contributed by atoms with E-state index in [1.165, 1.54) is 4.57 Å². The molecule has 2 aromatic rings. The average molecular weight is 339 g/mol. The summed E-state index contributed by atoms with van der Waals surface area (Å²) < 4.78 is 29.4. The maximum absolute atomic E-state index is 11.6. The molecule has 1 aromatic heterocycles. The highest BCUT2D eigenvalue weighted by Crippen LogP contribution is 2.22. The Morgan fingerprint density at radius 3 is 2.87 bits per heavy atom. The third-order valence-electron chi connectivity index (χ3n) is 4.42. The van der Waals surface area contributed by atoms with Crippen LogP contribution in [-0.2, 0) is 23.6 Å². The van der Waals surface area contributed by atoms with Crippen molar-refractivity contribution in [2.75, 3.05) is 12.3 Å². The number of aromatic nitrogens is 1. The molecule has 23 heavy (non-hydrogen) atoms. The molecule has 0 bridgehead atoms. The summed E-state index contributed by atoms with van der Waals surface area (Å²) in [4.78, 5) is 13.7. The van der Waals surface area contributed by atoms with Crippen LogP contribution in [0.4, 0.5) is 0 Å². The number of rotatable bonds is 4. The monoisotopic (exact) mass is 339 g/mol. The smallest absolute Gasteiger partial charge is 0.408 e. The van der Waals surface area contributed by atoms with E-state index in [9.17, 15) is 13.2 Å². The molecule has 1 aromatic carbocycles. The number of aryl methyl sites for hydroxylation is 1. The molecule has 1 unspecified atom stereocenters. The summed E-state index contributed by atoms with van der Waals surface area (Å²) in [6.45, 7) is 1.48. The molecule has 126 valence electrons. The van der Waals surface area contributed by atoms with Gasteiger partial charge in [-0.1, -0.05) is 12.5 Å². The second-order valence-corrected chi connectivity index (χ2v) is 7.84. The van der Waals surface area contributed by atoms with Gasteiger partial charge in [0.05, 0.1) is 11.3 Å². The summed E-state index contributed by atoms with van der Waals surface area (Å²) in [6.07, 6.45) is 2.91. The number of sulfonamides is 1. The van der Waals surface area contributed by atoms with Gasteiger partial charge in [0.25, 0.3) is 0 Å². The molecule has 1 saturated heterocycles. The Morgan fingerprint density at radius 2 is 2.13 bits per heavy atom. The molecular formula is C15H21N3O4S. The number of nitrogens with two attached hydrogens (primary N) is 1. The van der Waals surface area contributed by atoms with E-state index in [-0.39, 0.29) is 17.6 Å². The summed E-state index contributed by atoms with van der Waals surface area (Å²) in [5.41, 5.74) is 2.32. The lowest BCUT2D eigenvalue weighted by Gasteiger charge is -2.35. The number of oxazole rings is 1. The molecule has 1 aliphatic rings. The Balaban J connectivity index is 1.84. The molecule has 0 radical (unpaired) electrons. The maximum Gasteiger partial charge on any atom is 0.419 e. The first-order valence-electron chi connectivity index (χ1n) is 7.66. The van der Waals surface area contributed by atoms with Crippen molar-refractivity contribution in [2.24, 2.45) is 12.2 Å². The van der Waals surface area contributed by atoms with Crippen LogP contribution in [0.2, 0.25) is 0 Å². The number of hydrogen-bond acceptors (Lipinski definition) is 5. The fraction of sp³-hybridized carbons (Fsp3) is 0.533. The molecular weight excluding hydrogens is 318 g/mol. The summed E-state index contributed by atoms with van der Waals surface area (Å²) in [5, 5.41) is 5.21. The minimum Gasteiger partial charge on any atom is -0.408 e. The first-order chi connectivity index (χ1) is 10.8. The van der Waals surface area contributed by atoms with Gasteiger partial charge in [0.2, 0.25) is 10.0 Å². The minimum atomic E-state index is -3.49. The summed E-state index contributed by atoms with van der Waals surface area (Å²) in [6, 6.07) is 5.56. The van der Waals surface area contributed by atoms with Crippen LogP contribution in [0.1, 0.15) is 24.8 Å². The van der Waals surface area contributed by atoms with E-state index in [2.05, 4.69) is 4.90 Å². The molecule has 0 spiro atoms. The van der Waals surface area contributed by atoms with Gasteiger partial charge < -0.3 is 4.42 Å². The summed E-state index contributed by atoms with van der Waals surface area (Å²) >= 11 is 0. The van der Waals surface area contributed by atoms with Gasteiger partial charge in [-0.15, -0.1) is 0 Å². The Morgan fingerprint density at radius 1 is 1.35 bits per heavy atom. The fourth-order valence-electron chi connectivity index (χ4n) is 3.23. The zero-order valence-electron chi connectivity index (χ0n) is 13.1. The van der Waals surface area contributed by atoms with Crippen molar-refractivity contribution >= 4 is 21.1 Å². The quantitative estimate of drug-likeness (QED) is 0.887. The molecule has 3 rings (SSSR count). The van der Waals surface area contributed by atoms with Crippen LogP contribution in [0.3, 0.4) is 0 Å². The predicted octanol–water partition coefficient (Wildman–Crippen LogP) is 0.775. The number of fused-ring (bicyclic) bond motifs is 1.